The molecular weight excluding hydrogens is 238 g/mol. The van der Waals surface area contributed by atoms with Crippen molar-refractivity contribution in [1.29, 1.82) is 0 Å². The first kappa shape index (κ1) is 13.6. The summed E-state index contributed by atoms with van der Waals surface area (Å²) in [6.45, 7) is 2.69. The van der Waals surface area contributed by atoms with Crippen LogP contribution in [0.25, 0.3) is 0 Å². The highest BCUT2D eigenvalue weighted by Crippen LogP contribution is 2.19. The number of hydrogen-bond donors (Lipinski definition) is 0. The van der Waals surface area contributed by atoms with Crippen LogP contribution in [0.3, 0.4) is 0 Å². The van der Waals surface area contributed by atoms with E-state index in [9.17, 15) is 4.79 Å². The molecule has 1 aliphatic rings. The number of benzene rings is 1. The third-order valence-electron chi connectivity index (χ3n) is 3.46. The van der Waals surface area contributed by atoms with E-state index in [4.69, 9.17) is 11.2 Å². The molecule has 100 valence electrons. The van der Waals surface area contributed by atoms with Crippen LogP contribution < -0.4 is 0 Å². The number of piperidine rings is 1. The van der Waals surface area contributed by atoms with E-state index in [1.807, 2.05) is 35.2 Å². The average Bonchev–Trinajstić information content (AvgIpc) is 2.48. The number of ether oxygens (including phenoxy) is 1. The zero-order chi connectivity index (χ0) is 13.5. The van der Waals surface area contributed by atoms with Gasteiger partial charge in [-0.05, 0) is 30.9 Å². The van der Waals surface area contributed by atoms with Crippen molar-refractivity contribution in [2.45, 2.75) is 12.8 Å². The van der Waals surface area contributed by atoms with Gasteiger partial charge in [0, 0.05) is 18.7 Å². The number of carbonyl (C=O) groups excluding carboxylic acids is 1. The highest BCUT2D eigenvalue weighted by Gasteiger charge is 2.23. The smallest absolute Gasteiger partial charge is 0.253 e. The van der Waals surface area contributed by atoms with Crippen LogP contribution in [-0.4, -0.2) is 37.1 Å². The zero-order valence-corrected chi connectivity index (χ0v) is 11.0. The second-order valence-corrected chi connectivity index (χ2v) is 4.82. The third kappa shape index (κ3) is 3.84. The molecule has 0 bridgehead atoms. The summed E-state index contributed by atoms with van der Waals surface area (Å²) in [7, 11) is 0. The lowest BCUT2D eigenvalue weighted by atomic mass is 9.97. The van der Waals surface area contributed by atoms with Crippen LogP contribution in [0, 0.1) is 18.3 Å². The second kappa shape index (κ2) is 6.96. The predicted octanol–water partition coefficient (Wildman–Crippen LogP) is 2.19. The molecular formula is C16H19NO2. The molecule has 1 amide bonds. The number of terminal acetylenes is 1. The maximum Gasteiger partial charge on any atom is 0.253 e. The number of amides is 1. The van der Waals surface area contributed by atoms with Crippen LogP contribution in [-0.2, 0) is 4.74 Å². The number of carbonyl (C=O) groups is 1. The molecule has 1 aromatic carbocycles. The van der Waals surface area contributed by atoms with E-state index < -0.39 is 0 Å². The lowest BCUT2D eigenvalue weighted by Gasteiger charge is -2.31. The standard InChI is InChI=1S/C16H19NO2/c1-2-12-19-13-14-8-10-17(11-9-14)16(18)15-6-4-3-5-7-15/h1,3-7,14H,8-13H2. The van der Waals surface area contributed by atoms with Crippen LogP contribution in [0.4, 0.5) is 0 Å². The highest BCUT2D eigenvalue weighted by molar-refractivity contribution is 5.94. The molecule has 1 aliphatic heterocycles. The minimum atomic E-state index is 0.128. The summed E-state index contributed by atoms with van der Waals surface area (Å²) in [6.07, 6.45) is 7.12. The molecule has 2 rings (SSSR count). The van der Waals surface area contributed by atoms with Crippen molar-refractivity contribution >= 4 is 5.91 Å². The van der Waals surface area contributed by atoms with Crippen LogP contribution in [0.5, 0.6) is 0 Å². The topological polar surface area (TPSA) is 29.5 Å². The lowest BCUT2D eigenvalue weighted by Crippen LogP contribution is -2.39. The summed E-state index contributed by atoms with van der Waals surface area (Å²) in [5, 5.41) is 0. The van der Waals surface area contributed by atoms with Gasteiger partial charge in [0.1, 0.15) is 6.61 Å². The number of likely N-dealkylation sites (tertiary alicyclic amines) is 1. The van der Waals surface area contributed by atoms with Gasteiger partial charge in [0.2, 0.25) is 0 Å². The quantitative estimate of drug-likeness (QED) is 0.611. The van der Waals surface area contributed by atoms with Crippen molar-refractivity contribution in [2.75, 3.05) is 26.3 Å². The summed E-state index contributed by atoms with van der Waals surface area (Å²) >= 11 is 0. The van der Waals surface area contributed by atoms with Crippen molar-refractivity contribution in [3.8, 4) is 12.3 Å². The second-order valence-electron chi connectivity index (χ2n) is 4.82. The van der Waals surface area contributed by atoms with Crippen molar-refractivity contribution in [3.05, 3.63) is 35.9 Å². The Kier molecular flexibility index (Phi) is 5.00. The Bertz CT molecular complexity index is 442. The molecule has 1 saturated heterocycles. The SMILES string of the molecule is C#CCOCC1CCN(C(=O)c2ccccc2)CC1. The minimum Gasteiger partial charge on any atom is -0.369 e. The van der Waals surface area contributed by atoms with E-state index in [1.54, 1.807) is 0 Å². The van der Waals surface area contributed by atoms with Gasteiger partial charge >= 0.3 is 0 Å². The Balaban J connectivity index is 1.80. The Morgan fingerprint density at radius 3 is 2.63 bits per heavy atom. The summed E-state index contributed by atoms with van der Waals surface area (Å²) in [4.78, 5) is 14.2. The molecule has 0 aliphatic carbocycles. The molecule has 0 spiro atoms. The fourth-order valence-electron chi connectivity index (χ4n) is 2.35. The van der Waals surface area contributed by atoms with Crippen molar-refractivity contribution in [1.82, 2.24) is 4.90 Å². The summed E-state index contributed by atoms with van der Waals surface area (Å²) < 4.78 is 5.36. The van der Waals surface area contributed by atoms with Crippen molar-refractivity contribution in [3.63, 3.8) is 0 Å². The van der Waals surface area contributed by atoms with E-state index in [0.717, 1.165) is 31.5 Å². The molecule has 19 heavy (non-hydrogen) atoms. The largest absolute Gasteiger partial charge is 0.369 e. The van der Waals surface area contributed by atoms with Gasteiger partial charge in [-0.1, -0.05) is 24.1 Å². The van der Waals surface area contributed by atoms with Gasteiger partial charge in [-0.25, -0.2) is 0 Å². The molecule has 3 nitrogen and oxygen atoms in total. The van der Waals surface area contributed by atoms with Crippen LogP contribution >= 0.6 is 0 Å². The Morgan fingerprint density at radius 2 is 2.00 bits per heavy atom. The maximum atomic E-state index is 12.2. The lowest BCUT2D eigenvalue weighted by molar-refractivity contribution is 0.0582. The van der Waals surface area contributed by atoms with E-state index in [2.05, 4.69) is 5.92 Å². The Morgan fingerprint density at radius 1 is 1.32 bits per heavy atom. The summed E-state index contributed by atoms with van der Waals surface area (Å²) in [5.74, 6) is 3.12. The van der Waals surface area contributed by atoms with Gasteiger partial charge in [0.25, 0.3) is 5.91 Å². The molecule has 0 unspecified atom stereocenters. The Hall–Kier alpha value is -1.79. The summed E-state index contributed by atoms with van der Waals surface area (Å²) in [5.41, 5.74) is 0.768. The molecule has 0 N–H and O–H groups in total. The van der Waals surface area contributed by atoms with Crippen LogP contribution in [0.15, 0.2) is 30.3 Å². The van der Waals surface area contributed by atoms with E-state index >= 15 is 0 Å². The normalized spacial score (nSPS) is 16.1. The monoisotopic (exact) mass is 257 g/mol. The van der Waals surface area contributed by atoms with Gasteiger partial charge in [-0.15, -0.1) is 6.42 Å². The van der Waals surface area contributed by atoms with Crippen molar-refractivity contribution < 1.29 is 9.53 Å². The Labute approximate surface area is 114 Å². The van der Waals surface area contributed by atoms with Gasteiger partial charge in [-0.3, -0.25) is 4.79 Å². The zero-order valence-electron chi connectivity index (χ0n) is 11.0. The molecule has 1 fully saturated rings. The molecule has 0 atom stereocenters. The molecule has 0 radical (unpaired) electrons. The van der Waals surface area contributed by atoms with Gasteiger partial charge in [0.15, 0.2) is 0 Å². The maximum absolute atomic E-state index is 12.2. The van der Waals surface area contributed by atoms with Crippen molar-refractivity contribution in [2.24, 2.45) is 5.92 Å². The van der Waals surface area contributed by atoms with E-state index in [-0.39, 0.29) is 5.91 Å². The fraction of sp³-hybridized carbons (Fsp3) is 0.438. The van der Waals surface area contributed by atoms with Crippen LogP contribution in [0.2, 0.25) is 0 Å². The van der Waals surface area contributed by atoms with E-state index in [1.165, 1.54) is 0 Å². The minimum absolute atomic E-state index is 0.128. The fourth-order valence-corrected chi connectivity index (χ4v) is 2.35. The van der Waals surface area contributed by atoms with Gasteiger partial charge in [-0.2, -0.15) is 0 Å². The highest BCUT2D eigenvalue weighted by atomic mass is 16.5. The van der Waals surface area contributed by atoms with Gasteiger partial charge in [0.05, 0.1) is 6.61 Å². The molecule has 0 saturated carbocycles. The number of nitrogens with zero attached hydrogens (tertiary/aromatic N) is 1. The molecule has 3 heteroatoms. The van der Waals surface area contributed by atoms with E-state index in [0.29, 0.717) is 19.1 Å². The first-order chi connectivity index (χ1) is 9.31. The predicted molar refractivity (Wildman–Crippen MR) is 74.7 cm³/mol. The molecule has 1 aromatic rings. The molecule has 1 heterocycles. The average molecular weight is 257 g/mol. The first-order valence-corrected chi connectivity index (χ1v) is 6.67. The number of hydrogen-bond acceptors (Lipinski definition) is 2. The first-order valence-electron chi connectivity index (χ1n) is 6.67. The number of rotatable bonds is 4. The molecule has 0 aromatic heterocycles. The van der Waals surface area contributed by atoms with Gasteiger partial charge < -0.3 is 9.64 Å². The third-order valence-corrected chi connectivity index (χ3v) is 3.46. The van der Waals surface area contributed by atoms with Crippen LogP contribution in [0.1, 0.15) is 23.2 Å². The summed E-state index contributed by atoms with van der Waals surface area (Å²) in [6, 6.07) is 9.45.